The van der Waals surface area contributed by atoms with Crippen molar-refractivity contribution in [3.63, 3.8) is 0 Å². The van der Waals surface area contributed by atoms with E-state index in [4.69, 9.17) is 4.74 Å². The molecule has 1 N–H and O–H groups in total. The Hall–Kier alpha value is -2.85. The first-order chi connectivity index (χ1) is 13.6. The van der Waals surface area contributed by atoms with E-state index in [1.807, 2.05) is 45.3 Å². The van der Waals surface area contributed by atoms with E-state index in [0.29, 0.717) is 19.6 Å². The molecule has 1 amide bonds. The highest BCUT2D eigenvalue weighted by molar-refractivity contribution is 5.86. The van der Waals surface area contributed by atoms with Crippen molar-refractivity contribution in [2.45, 2.75) is 19.4 Å². The van der Waals surface area contributed by atoms with Crippen molar-refractivity contribution in [2.75, 3.05) is 27.2 Å². The zero-order chi connectivity index (χ0) is 19.9. The number of hydrogen-bond donors (Lipinski definition) is 1. The quantitative estimate of drug-likeness (QED) is 0.641. The van der Waals surface area contributed by atoms with Gasteiger partial charge in [-0.15, -0.1) is 0 Å². The first kappa shape index (κ1) is 19.9. The van der Waals surface area contributed by atoms with Crippen molar-refractivity contribution in [1.82, 2.24) is 10.2 Å². The maximum atomic E-state index is 12.5. The summed E-state index contributed by atoms with van der Waals surface area (Å²) in [6, 6.07) is 22.5. The second-order valence-electron chi connectivity index (χ2n) is 7.11. The molecular weight excluding hydrogens is 348 g/mol. The van der Waals surface area contributed by atoms with Gasteiger partial charge in [-0.3, -0.25) is 4.79 Å². The van der Waals surface area contributed by atoms with Crippen molar-refractivity contribution in [3.8, 4) is 5.75 Å². The average molecular weight is 377 g/mol. The molecule has 0 spiro atoms. The van der Waals surface area contributed by atoms with Gasteiger partial charge in [-0.1, -0.05) is 54.6 Å². The highest BCUT2D eigenvalue weighted by atomic mass is 16.5. The van der Waals surface area contributed by atoms with E-state index >= 15 is 0 Å². The minimum atomic E-state index is 0.0243. The number of fused-ring (bicyclic) bond motifs is 1. The van der Waals surface area contributed by atoms with Crippen LogP contribution in [0.25, 0.3) is 10.8 Å². The number of amides is 1. The fourth-order valence-corrected chi connectivity index (χ4v) is 3.44. The van der Waals surface area contributed by atoms with Crippen molar-refractivity contribution in [3.05, 3.63) is 77.9 Å². The summed E-state index contributed by atoms with van der Waals surface area (Å²) in [6.07, 6.45) is 0.363. The van der Waals surface area contributed by atoms with Gasteiger partial charge in [0.1, 0.15) is 5.75 Å². The molecule has 0 aliphatic heterocycles. The lowest BCUT2D eigenvalue weighted by Gasteiger charge is -2.26. The number of likely N-dealkylation sites (N-methyl/N-ethyl adjacent to an activating group) is 1. The Bertz CT molecular complexity index is 914. The molecule has 1 atom stereocenters. The van der Waals surface area contributed by atoms with E-state index in [1.165, 1.54) is 16.3 Å². The van der Waals surface area contributed by atoms with Crippen molar-refractivity contribution in [1.29, 1.82) is 0 Å². The van der Waals surface area contributed by atoms with Crippen LogP contribution in [0.5, 0.6) is 5.75 Å². The van der Waals surface area contributed by atoms with Gasteiger partial charge in [0.15, 0.2) is 0 Å². The molecular formula is C24H28N2O2. The Balaban J connectivity index is 1.67. The van der Waals surface area contributed by atoms with Crippen LogP contribution < -0.4 is 10.1 Å². The Labute approximate surface area is 167 Å². The van der Waals surface area contributed by atoms with Crippen LogP contribution in [0.1, 0.15) is 24.1 Å². The minimum absolute atomic E-state index is 0.0243. The lowest BCUT2D eigenvalue weighted by Crippen LogP contribution is -2.35. The molecule has 4 heteroatoms. The first-order valence-electron chi connectivity index (χ1n) is 9.71. The van der Waals surface area contributed by atoms with Gasteiger partial charge in [0.05, 0.1) is 19.1 Å². The summed E-state index contributed by atoms with van der Waals surface area (Å²) in [6.45, 7) is 3.16. The summed E-state index contributed by atoms with van der Waals surface area (Å²) in [4.78, 5) is 14.6. The summed E-state index contributed by atoms with van der Waals surface area (Å²) in [5.41, 5.74) is 2.21. The number of rotatable bonds is 8. The van der Waals surface area contributed by atoms with Crippen LogP contribution in [0, 0.1) is 0 Å². The third-order valence-corrected chi connectivity index (χ3v) is 4.90. The first-order valence-corrected chi connectivity index (χ1v) is 9.71. The monoisotopic (exact) mass is 376 g/mol. The maximum Gasteiger partial charge on any atom is 0.224 e. The van der Waals surface area contributed by atoms with E-state index in [0.717, 1.165) is 11.3 Å². The van der Waals surface area contributed by atoms with E-state index in [1.54, 1.807) is 0 Å². The molecule has 0 aromatic heterocycles. The van der Waals surface area contributed by atoms with Gasteiger partial charge < -0.3 is 15.0 Å². The van der Waals surface area contributed by atoms with Crippen molar-refractivity contribution in [2.24, 2.45) is 0 Å². The summed E-state index contributed by atoms with van der Waals surface area (Å²) < 4.78 is 5.45. The predicted octanol–water partition coefficient (Wildman–Crippen LogP) is 4.20. The van der Waals surface area contributed by atoms with Gasteiger partial charge in [0.25, 0.3) is 0 Å². The van der Waals surface area contributed by atoms with Gasteiger partial charge in [0.2, 0.25) is 5.91 Å². The van der Waals surface area contributed by atoms with E-state index in [9.17, 15) is 4.79 Å². The number of ether oxygens (including phenoxy) is 1. The number of hydrogen-bond acceptors (Lipinski definition) is 3. The van der Waals surface area contributed by atoms with Gasteiger partial charge in [-0.25, -0.2) is 0 Å². The number of nitrogens with zero attached hydrogens (tertiary/aromatic N) is 1. The molecule has 1 unspecified atom stereocenters. The minimum Gasteiger partial charge on any atom is -0.494 e. The molecule has 0 heterocycles. The van der Waals surface area contributed by atoms with E-state index in [-0.39, 0.29) is 11.9 Å². The molecule has 28 heavy (non-hydrogen) atoms. The molecule has 0 bridgehead atoms. The summed E-state index contributed by atoms with van der Waals surface area (Å²) in [5, 5.41) is 5.55. The molecule has 0 aliphatic carbocycles. The summed E-state index contributed by atoms with van der Waals surface area (Å²) in [7, 11) is 4.09. The molecule has 3 rings (SSSR count). The zero-order valence-electron chi connectivity index (χ0n) is 16.8. The van der Waals surface area contributed by atoms with Gasteiger partial charge >= 0.3 is 0 Å². The normalized spacial score (nSPS) is 12.1. The standard InChI is InChI=1S/C24H28N2O2/c1-4-28-20-14-12-18(13-15-20)16-24(27)25-17-23(26(2)3)22-11-7-9-19-8-5-6-10-21(19)22/h5-15,23H,4,16-17H2,1-3H3,(H,25,27). The third-order valence-electron chi connectivity index (χ3n) is 4.90. The van der Waals surface area contributed by atoms with Gasteiger partial charge in [-0.05, 0) is 55.1 Å². The third kappa shape index (κ3) is 4.90. The van der Waals surface area contributed by atoms with Crippen molar-refractivity contribution >= 4 is 16.7 Å². The molecule has 0 fully saturated rings. The fraction of sp³-hybridized carbons (Fsp3) is 0.292. The number of benzene rings is 3. The molecule has 4 nitrogen and oxygen atoms in total. The second-order valence-corrected chi connectivity index (χ2v) is 7.11. The summed E-state index contributed by atoms with van der Waals surface area (Å²) in [5.74, 6) is 0.853. The number of carbonyl (C=O) groups is 1. The molecule has 0 saturated carbocycles. The Morgan fingerprint density at radius 1 is 1.00 bits per heavy atom. The van der Waals surface area contributed by atoms with Crippen LogP contribution in [-0.2, 0) is 11.2 Å². The molecule has 0 radical (unpaired) electrons. The fourth-order valence-electron chi connectivity index (χ4n) is 3.44. The predicted molar refractivity (Wildman–Crippen MR) is 115 cm³/mol. The Morgan fingerprint density at radius 3 is 2.43 bits per heavy atom. The Morgan fingerprint density at radius 2 is 1.71 bits per heavy atom. The smallest absolute Gasteiger partial charge is 0.224 e. The lowest BCUT2D eigenvalue weighted by atomic mass is 9.98. The van der Waals surface area contributed by atoms with Crippen LogP contribution in [0.4, 0.5) is 0 Å². The topological polar surface area (TPSA) is 41.6 Å². The maximum absolute atomic E-state index is 12.5. The van der Waals surface area contributed by atoms with E-state index < -0.39 is 0 Å². The molecule has 146 valence electrons. The summed E-state index contributed by atoms with van der Waals surface area (Å²) >= 11 is 0. The molecule has 3 aromatic carbocycles. The zero-order valence-corrected chi connectivity index (χ0v) is 16.8. The Kier molecular flexibility index (Phi) is 6.66. The van der Waals surface area contributed by atoms with Gasteiger partial charge in [-0.2, -0.15) is 0 Å². The SMILES string of the molecule is CCOc1ccc(CC(=O)NCC(c2cccc3ccccc23)N(C)C)cc1. The highest BCUT2D eigenvalue weighted by Crippen LogP contribution is 2.26. The van der Waals surface area contributed by atoms with Crippen LogP contribution >= 0.6 is 0 Å². The van der Waals surface area contributed by atoms with E-state index in [2.05, 4.69) is 52.7 Å². The lowest BCUT2D eigenvalue weighted by molar-refractivity contribution is -0.120. The number of nitrogens with one attached hydrogen (secondary N) is 1. The van der Waals surface area contributed by atoms with Crippen LogP contribution in [0.2, 0.25) is 0 Å². The number of carbonyl (C=O) groups excluding carboxylic acids is 1. The van der Waals surface area contributed by atoms with Gasteiger partial charge in [0, 0.05) is 6.54 Å². The van der Waals surface area contributed by atoms with Crippen molar-refractivity contribution < 1.29 is 9.53 Å². The average Bonchev–Trinajstić information content (AvgIpc) is 2.70. The van der Waals surface area contributed by atoms with Crippen LogP contribution in [-0.4, -0.2) is 38.1 Å². The largest absolute Gasteiger partial charge is 0.494 e. The second kappa shape index (κ2) is 9.38. The van der Waals surface area contributed by atoms with Crippen LogP contribution in [0.15, 0.2) is 66.7 Å². The molecule has 3 aromatic rings. The molecule has 0 saturated heterocycles. The van der Waals surface area contributed by atoms with Crippen LogP contribution in [0.3, 0.4) is 0 Å². The molecule has 0 aliphatic rings. The highest BCUT2D eigenvalue weighted by Gasteiger charge is 2.17.